The molecule has 1 aliphatic rings. The van der Waals surface area contributed by atoms with E-state index < -0.39 is 0 Å². The van der Waals surface area contributed by atoms with Gasteiger partial charge in [0.05, 0.1) is 19.5 Å². The fourth-order valence-corrected chi connectivity index (χ4v) is 4.88. The van der Waals surface area contributed by atoms with Crippen molar-refractivity contribution in [2.45, 2.75) is 23.4 Å². The standard InChI is InChI=1S/C22H20BrN3O3S/c1-4-9-26-21(13-5-7-15(23)8-6-13)24-25-22(26)30-19-11-14-10-17(28-2)18(29-3)12-16(14)20(19)27/h4-8,10,12,19H,1,9,11H2,2-3H3/t19-/m1/s1. The van der Waals surface area contributed by atoms with Gasteiger partial charge >= 0.3 is 0 Å². The van der Waals surface area contributed by atoms with Gasteiger partial charge < -0.3 is 9.47 Å². The third kappa shape index (κ3) is 3.77. The number of thioether (sulfide) groups is 1. The number of aromatic nitrogens is 3. The monoisotopic (exact) mass is 485 g/mol. The second-order valence-electron chi connectivity index (χ2n) is 6.75. The van der Waals surface area contributed by atoms with Gasteiger partial charge in [0.1, 0.15) is 0 Å². The first-order chi connectivity index (χ1) is 14.5. The molecule has 2 aromatic carbocycles. The first-order valence-corrected chi connectivity index (χ1v) is 11.0. The molecule has 0 amide bonds. The molecule has 0 saturated carbocycles. The van der Waals surface area contributed by atoms with Crippen molar-refractivity contribution in [2.75, 3.05) is 14.2 Å². The average Bonchev–Trinajstić information content (AvgIpc) is 3.29. The number of Topliss-reactive ketones (excluding diaryl/α,β-unsaturated/α-hetero) is 1. The third-order valence-corrected chi connectivity index (χ3v) is 6.66. The van der Waals surface area contributed by atoms with E-state index in [1.54, 1.807) is 26.4 Å². The van der Waals surface area contributed by atoms with E-state index in [0.29, 0.717) is 35.2 Å². The maximum atomic E-state index is 13.1. The van der Waals surface area contributed by atoms with Gasteiger partial charge in [-0.2, -0.15) is 0 Å². The first-order valence-electron chi connectivity index (χ1n) is 9.31. The molecule has 1 aliphatic carbocycles. The summed E-state index contributed by atoms with van der Waals surface area (Å²) in [5.74, 6) is 2.00. The van der Waals surface area contributed by atoms with Crippen LogP contribution in [0.3, 0.4) is 0 Å². The van der Waals surface area contributed by atoms with Crippen molar-refractivity contribution in [1.82, 2.24) is 14.8 Å². The topological polar surface area (TPSA) is 66.2 Å². The molecule has 0 N–H and O–H groups in total. The summed E-state index contributed by atoms with van der Waals surface area (Å²) < 4.78 is 13.7. The molecule has 6 nitrogen and oxygen atoms in total. The first kappa shape index (κ1) is 20.7. The van der Waals surface area contributed by atoms with Crippen LogP contribution in [0.2, 0.25) is 0 Å². The van der Waals surface area contributed by atoms with Crippen LogP contribution in [0, 0.1) is 0 Å². The van der Waals surface area contributed by atoms with Crippen molar-refractivity contribution in [2.24, 2.45) is 0 Å². The van der Waals surface area contributed by atoms with Crippen molar-refractivity contribution in [3.63, 3.8) is 0 Å². The number of ketones is 1. The van der Waals surface area contributed by atoms with Crippen LogP contribution in [0.1, 0.15) is 15.9 Å². The van der Waals surface area contributed by atoms with Crippen molar-refractivity contribution >= 4 is 33.5 Å². The fourth-order valence-electron chi connectivity index (χ4n) is 3.49. The molecule has 4 rings (SSSR count). The summed E-state index contributed by atoms with van der Waals surface area (Å²) in [6.45, 7) is 4.41. The van der Waals surface area contributed by atoms with E-state index in [2.05, 4.69) is 32.7 Å². The maximum absolute atomic E-state index is 13.1. The number of ether oxygens (including phenoxy) is 2. The smallest absolute Gasteiger partial charge is 0.192 e. The predicted octanol–water partition coefficient (Wildman–Crippen LogP) is 4.81. The molecule has 0 aliphatic heterocycles. The van der Waals surface area contributed by atoms with E-state index in [-0.39, 0.29) is 11.0 Å². The molecular weight excluding hydrogens is 466 g/mol. The number of hydrogen-bond acceptors (Lipinski definition) is 6. The minimum atomic E-state index is -0.276. The molecule has 0 fully saturated rings. The fraction of sp³-hybridized carbons (Fsp3) is 0.227. The van der Waals surface area contributed by atoms with Crippen LogP contribution in [0.5, 0.6) is 11.5 Å². The summed E-state index contributed by atoms with van der Waals surface area (Å²) >= 11 is 4.88. The quantitative estimate of drug-likeness (QED) is 0.447. The molecule has 8 heteroatoms. The van der Waals surface area contributed by atoms with E-state index in [9.17, 15) is 4.79 Å². The Balaban J connectivity index is 1.64. The molecule has 3 aromatic rings. The third-order valence-electron chi connectivity index (χ3n) is 4.95. The van der Waals surface area contributed by atoms with E-state index >= 15 is 0 Å². The van der Waals surface area contributed by atoms with Crippen LogP contribution in [0.4, 0.5) is 0 Å². The van der Waals surface area contributed by atoms with E-state index in [1.165, 1.54) is 11.8 Å². The number of nitrogens with zero attached hydrogens (tertiary/aromatic N) is 3. The van der Waals surface area contributed by atoms with Crippen LogP contribution in [0.25, 0.3) is 11.4 Å². The summed E-state index contributed by atoms with van der Waals surface area (Å²) in [6, 6.07) is 11.5. The van der Waals surface area contributed by atoms with Gasteiger partial charge in [0.15, 0.2) is 28.3 Å². The number of carbonyl (C=O) groups is 1. The summed E-state index contributed by atoms with van der Waals surface area (Å²) in [5, 5.41) is 9.18. The van der Waals surface area contributed by atoms with Crippen molar-refractivity contribution in [3.05, 3.63) is 64.7 Å². The van der Waals surface area contributed by atoms with Gasteiger partial charge in [-0.25, -0.2) is 0 Å². The van der Waals surface area contributed by atoms with E-state index in [1.807, 2.05) is 34.9 Å². The Morgan fingerprint density at radius 2 is 1.90 bits per heavy atom. The van der Waals surface area contributed by atoms with E-state index in [0.717, 1.165) is 21.4 Å². The highest BCUT2D eigenvalue weighted by atomic mass is 79.9. The summed E-state index contributed by atoms with van der Waals surface area (Å²) in [4.78, 5) is 13.1. The molecule has 0 unspecified atom stereocenters. The predicted molar refractivity (Wildman–Crippen MR) is 121 cm³/mol. The maximum Gasteiger partial charge on any atom is 0.192 e. The van der Waals surface area contributed by atoms with Gasteiger partial charge in [0, 0.05) is 22.1 Å². The largest absolute Gasteiger partial charge is 0.493 e. The molecule has 0 spiro atoms. The zero-order valence-corrected chi connectivity index (χ0v) is 19.0. The Labute approximate surface area is 187 Å². The number of methoxy groups -OCH3 is 2. The second-order valence-corrected chi connectivity index (χ2v) is 8.84. The van der Waals surface area contributed by atoms with Crippen molar-refractivity contribution < 1.29 is 14.3 Å². The molecule has 1 atom stereocenters. The zero-order valence-electron chi connectivity index (χ0n) is 16.6. The molecule has 1 heterocycles. The minimum absolute atomic E-state index is 0.0642. The highest BCUT2D eigenvalue weighted by Crippen LogP contribution is 2.40. The summed E-state index contributed by atoms with van der Waals surface area (Å²) in [5.41, 5.74) is 2.58. The number of halogens is 1. The molecule has 30 heavy (non-hydrogen) atoms. The SMILES string of the molecule is C=CCn1c(S[C@@H]2Cc3cc(OC)c(OC)cc3C2=O)nnc1-c1ccc(Br)cc1. The lowest BCUT2D eigenvalue weighted by molar-refractivity contribution is 0.1000. The van der Waals surface area contributed by atoms with Gasteiger partial charge in [0.25, 0.3) is 0 Å². The molecule has 154 valence electrons. The Morgan fingerprint density at radius 3 is 2.57 bits per heavy atom. The summed E-state index contributed by atoms with van der Waals surface area (Å²) in [6.07, 6.45) is 2.41. The van der Waals surface area contributed by atoms with Crippen LogP contribution in [-0.2, 0) is 13.0 Å². The van der Waals surface area contributed by atoms with E-state index in [4.69, 9.17) is 9.47 Å². The lowest BCUT2D eigenvalue weighted by atomic mass is 10.1. The van der Waals surface area contributed by atoms with Gasteiger partial charge in [-0.1, -0.05) is 45.9 Å². The lowest BCUT2D eigenvalue weighted by Crippen LogP contribution is -2.13. The Hall–Kier alpha value is -2.58. The Morgan fingerprint density at radius 1 is 1.20 bits per heavy atom. The Bertz CT molecular complexity index is 1110. The number of carbonyl (C=O) groups excluding carboxylic acids is 1. The highest BCUT2D eigenvalue weighted by molar-refractivity contribution is 9.10. The van der Waals surface area contributed by atoms with Crippen LogP contribution < -0.4 is 9.47 Å². The summed E-state index contributed by atoms with van der Waals surface area (Å²) in [7, 11) is 3.16. The van der Waals surface area contributed by atoms with Crippen molar-refractivity contribution in [1.29, 1.82) is 0 Å². The number of rotatable bonds is 7. The number of benzene rings is 2. The highest BCUT2D eigenvalue weighted by Gasteiger charge is 2.34. The van der Waals surface area contributed by atoms with Gasteiger partial charge in [-0.15, -0.1) is 16.8 Å². The van der Waals surface area contributed by atoms with Crippen LogP contribution in [-0.4, -0.2) is 40.0 Å². The normalized spacial score (nSPS) is 15.2. The molecule has 1 aromatic heterocycles. The molecular formula is C22H20BrN3O3S. The zero-order chi connectivity index (χ0) is 21.3. The number of allylic oxidation sites excluding steroid dienone is 1. The van der Waals surface area contributed by atoms with Crippen LogP contribution >= 0.6 is 27.7 Å². The minimum Gasteiger partial charge on any atom is -0.493 e. The Kier molecular flexibility index (Phi) is 5.97. The lowest BCUT2D eigenvalue weighted by Gasteiger charge is -2.10. The molecule has 0 bridgehead atoms. The molecule has 0 saturated heterocycles. The van der Waals surface area contributed by atoms with Crippen LogP contribution in [0.15, 0.2) is 58.7 Å². The molecule has 0 radical (unpaired) electrons. The number of hydrogen-bond donors (Lipinski definition) is 0. The number of fused-ring (bicyclic) bond motifs is 1. The van der Waals surface area contributed by atoms with Gasteiger partial charge in [-0.05, 0) is 36.2 Å². The van der Waals surface area contributed by atoms with Gasteiger partial charge in [0.2, 0.25) is 0 Å². The average molecular weight is 486 g/mol. The second kappa shape index (κ2) is 8.65. The van der Waals surface area contributed by atoms with Crippen molar-refractivity contribution in [3.8, 4) is 22.9 Å². The van der Waals surface area contributed by atoms with Gasteiger partial charge in [-0.3, -0.25) is 9.36 Å².